The van der Waals surface area contributed by atoms with E-state index in [1.165, 1.54) is 11.8 Å². The van der Waals surface area contributed by atoms with Crippen LogP contribution in [0.25, 0.3) is 11.1 Å². The predicted octanol–water partition coefficient (Wildman–Crippen LogP) is 5.32. The van der Waals surface area contributed by atoms with Gasteiger partial charge in [-0.05, 0) is 42.8 Å². The van der Waals surface area contributed by atoms with Gasteiger partial charge >= 0.3 is 0 Å². The van der Waals surface area contributed by atoms with Gasteiger partial charge in [0.05, 0.1) is 5.75 Å². The van der Waals surface area contributed by atoms with Crippen LogP contribution in [0, 0.1) is 0 Å². The lowest BCUT2D eigenvalue weighted by Gasteiger charge is -2.06. The first kappa shape index (κ1) is 19.2. The predicted molar refractivity (Wildman–Crippen MR) is 108 cm³/mol. The number of anilines is 1. The van der Waals surface area contributed by atoms with Crippen LogP contribution >= 0.6 is 11.8 Å². The highest BCUT2D eigenvalue weighted by atomic mass is 32.2. The number of hydrogen-bond acceptors (Lipinski definition) is 5. The van der Waals surface area contributed by atoms with E-state index in [1.807, 2.05) is 24.3 Å². The zero-order valence-electron chi connectivity index (χ0n) is 15.2. The second-order valence-electron chi connectivity index (χ2n) is 6.24. The normalized spacial score (nSPS) is 10.9. The Bertz CT molecular complexity index is 886. The number of ketones is 1. The van der Waals surface area contributed by atoms with E-state index in [0.29, 0.717) is 28.5 Å². The molecule has 0 saturated carbocycles. The molecule has 0 atom stereocenters. The van der Waals surface area contributed by atoms with E-state index in [4.69, 9.17) is 4.42 Å². The molecule has 3 rings (SSSR count). The molecule has 1 heterocycles. The third-order valence-corrected chi connectivity index (χ3v) is 4.93. The van der Waals surface area contributed by atoms with Crippen molar-refractivity contribution in [3.63, 3.8) is 0 Å². The maximum absolute atomic E-state index is 12.4. The van der Waals surface area contributed by atoms with Crippen LogP contribution in [0.1, 0.15) is 43.0 Å². The molecule has 0 saturated heterocycles. The van der Waals surface area contributed by atoms with Crippen molar-refractivity contribution < 1.29 is 14.0 Å². The van der Waals surface area contributed by atoms with Crippen LogP contribution in [0.5, 0.6) is 0 Å². The third kappa shape index (κ3) is 5.44. The van der Waals surface area contributed by atoms with E-state index in [9.17, 15) is 9.59 Å². The number of carbonyl (C=O) groups is 2. The minimum absolute atomic E-state index is 0.00837. The molecule has 0 aliphatic rings. The smallest absolute Gasteiger partial charge is 0.257 e. The summed E-state index contributed by atoms with van der Waals surface area (Å²) in [6.45, 7) is 2.11. The largest absolute Gasteiger partial charge is 0.431 e. The second kappa shape index (κ2) is 9.37. The van der Waals surface area contributed by atoms with Gasteiger partial charge < -0.3 is 9.73 Å². The molecule has 0 spiro atoms. The van der Waals surface area contributed by atoms with Gasteiger partial charge in [-0.25, -0.2) is 4.98 Å². The van der Waals surface area contributed by atoms with E-state index >= 15 is 0 Å². The van der Waals surface area contributed by atoms with Gasteiger partial charge in [-0.15, -0.1) is 0 Å². The monoisotopic (exact) mass is 382 g/mol. The van der Waals surface area contributed by atoms with Gasteiger partial charge in [0.25, 0.3) is 5.22 Å². The van der Waals surface area contributed by atoms with Crippen LogP contribution in [0.3, 0.4) is 0 Å². The molecule has 3 aromatic rings. The molecule has 5 nitrogen and oxygen atoms in total. The number of Topliss-reactive ketones (excluding diaryl/α,β-unsaturated/α-hetero) is 1. The number of para-hydroxylation sites is 2. The molecule has 0 aliphatic heterocycles. The number of benzene rings is 2. The minimum Gasteiger partial charge on any atom is -0.431 e. The quantitative estimate of drug-likeness (QED) is 0.308. The van der Waals surface area contributed by atoms with Crippen molar-refractivity contribution in [2.45, 2.75) is 37.8 Å². The van der Waals surface area contributed by atoms with Gasteiger partial charge in [0, 0.05) is 17.7 Å². The van der Waals surface area contributed by atoms with Crippen molar-refractivity contribution in [2.24, 2.45) is 0 Å². The van der Waals surface area contributed by atoms with Crippen molar-refractivity contribution in [1.29, 1.82) is 0 Å². The third-order valence-electron chi connectivity index (χ3n) is 4.10. The van der Waals surface area contributed by atoms with E-state index in [1.54, 1.807) is 24.3 Å². The maximum Gasteiger partial charge on any atom is 0.257 e. The zero-order chi connectivity index (χ0) is 19.1. The average Bonchev–Trinajstić information content (AvgIpc) is 3.10. The number of nitrogens with one attached hydrogen (secondary N) is 1. The van der Waals surface area contributed by atoms with Gasteiger partial charge in [0.15, 0.2) is 11.4 Å². The lowest BCUT2D eigenvalue weighted by atomic mass is 10.1. The Morgan fingerprint density at radius 3 is 2.59 bits per heavy atom. The van der Waals surface area contributed by atoms with E-state index in [0.717, 1.165) is 24.8 Å². The molecule has 27 heavy (non-hydrogen) atoms. The summed E-state index contributed by atoms with van der Waals surface area (Å²) in [6.07, 6.45) is 3.56. The molecule has 0 unspecified atom stereocenters. The molecule has 1 N–H and O–H groups in total. The molecule has 1 amide bonds. The summed E-state index contributed by atoms with van der Waals surface area (Å²) in [5.74, 6) is 0.243. The molecule has 2 aromatic carbocycles. The van der Waals surface area contributed by atoms with Crippen LogP contribution in [0.4, 0.5) is 5.69 Å². The molecular weight excluding hydrogens is 360 g/mol. The standard InChI is InChI=1S/C21H22N2O3S/c1-2-3-4-9-20(25)22-16-12-10-15(11-13-16)18(24)14-27-21-23-17-7-5-6-8-19(17)26-21/h5-8,10-13H,2-4,9,14H2,1H3,(H,22,25). The van der Waals surface area contributed by atoms with Crippen molar-refractivity contribution in [2.75, 3.05) is 11.1 Å². The van der Waals surface area contributed by atoms with Crippen LogP contribution in [0.15, 0.2) is 58.2 Å². The molecule has 1 aromatic heterocycles. The summed E-state index contributed by atoms with van der Waals surface area (Å²) < 4.78 is 5.61. The van der Waals surface area contributed by atoms with Crippen molar-refractivity contribution in [1.82, 2.24) is 4.98 Å². The topological polar surface area (TPSA) is 72.2 Å². The first-order valence-electron chi connectivity index (χ1n) is 9.07. The minimum atomic E-state index is -0.0110. The number of fused-ring (bicyclic) bond motifs is 1. The summed E-state index contributed by atoms with van der Waals surface area (Å²) in [6, 6.07) is 14.5. The van der Waals surface area contributed by atoms with Crippen LogP contribution in [-0.4, -0.2) is 22.4 Å². The highest BCUT2D eigenvalue weighted by molar-refractivity contribution is 7.99. The number of hydrogen-bond donors (Lipinski definition) is 1. The van der Waals surface area contributed by atoms with Gasteiger partial charge in [0.2, 0.25) is 5.91 Å². The number of unbranched alkanes of at least 4 members (excludes halogenated alkanes) is 2. The number of nitrogens with zero attached hydrogens (tertiary/aromatic N) is 1. The number of rotatable bonds is 9. The first-order chi connectivity index (χ1) is 13.2. The van der Waals surface area contributed by atoms with Gasteiger partial charge in [-0.1, -0.05) is 43.7 Å². The fourth-order valence-electron chi connectivity index (χ4n) is 2.62. The number of oxazole rings is 1. The summed E-state index contributed by atoms with van der Waals surface area (Å²) in [5, 5.41) is 3.35. The summed E-state index contributed by atoms with van der Waals surface area (Å²) in [4.78, 5) is 28.6. The Morgan fingerprint density at radius 1 is 1.07 bits per heavy atom. The lowest BCUT2D eigenvalue weighted by Crippen LogP contribution is -2.11. The average molecular weight is 382 g/mol. The van der Waals surface area contributed by atoms with Gasteiger partial charge in [0.1, 0.15) is 5.52 Å². The van der Waals surface area contributed by atoms with Crippen LogP contribution in [-0.2, 0) is 4.79 Å². The fraction of sp³-hybridized carbons (Fsp3) is 0.286. The second-order valence-corrected chi connectivity index (χ2v) is 7.17. The highest BCUT2D eigenvalue weighted by Gasteiger charge is 2.11. The molecule has 6 heteroatoms. The number of carbonyl (C=O) groups excluding carboxylic acids is 2. The maximum atomic E-state index is 12.4. The van der Waals surface area contributed by atoms with Crippen LogP contribution in [0.2, 0.25) is 0 Å². The molecule has 0 fully saturated rings. The number of amides is 1. The Morgan fingerprint density at radius 2 is 1.85 bits per heavy atom. The lowest BCUT2D eigenvalue weighted by molar-refractivity contribution is -0.116. The van der Waals surface area contributed by atoms with Crippen LogP contribution < -0.4 is 5.32 Å². The Balaban J connectivity index is 1.51. The number of thioether (sulfide) groups is 1. The van der Waals surface area contributed by atoms with Crippen molar-refractivity contribution in [3.8, 4) is 0 Å². The first-order valence-corrected chi connectivity index (χ1v) is 10.1. The molecule has 0 bridgehead atoms. The zero-order valence-corrected chi connectivity index (χ0v) is 16.1. The van der Waals surface area contributed by atoms with E-state index < -0.39 is 0 Å². The molecular formula is C21H22N2O3S. The van der Waals surface area contributed by atoms with Crippen molar-refractivity contribution >= 4 is 40.2 Å². The molecule has 140 valence electrons. The summed E-state index contributed by atoms with van der Waals surface area (Å²) >= 11 is 1.28. The summed E-state index contributed by atoms with van der Waals surface area (Å²) in [5.41, 5.74) is 2.81. The Kier molecular flexibility index (Phi) is 6.65. The molecule has 0 radical (unpaired) electrons. The van der Waals surface area contributed by atoms with Gasteiger partial charge in [-0.2, -0.15) is 0 Å². The van der Waals surface area contributed by atoms with Gasteiger partial charge in [-0.3, -0.25) is 9.59 Å². The SMILES string of the molecule is CCCCCC(=O)Nc1ccc(C(=O)CSc2nc3ccccc3o2)cc1. The van der Waals surface area contributed by atoms with Crippen molar-refractivity contribution in [3.05, 3.63) is 54.1 Å². The Labute approximate surface area is 162 Å². The number of aromatic nitrogens is 1. The Hall–Kier alpha value is -2.60. The summed E-state index contributed by atoms with van der Waals surface area (Å²) in [7, 11) is 0. The highest BCUT2D eigenvalue weighted by Crippen LogP contribution is 2.24. The van der Waals surface area contributed by atoms with E-state index in [2.05, 4.69) is 17.2 Å². The molecule has 0 aliphatic carbocycles. The fourth-order valence-corrected chi connectivity index (χ4v) is 3.35. The van der Waals surface area contributed by atoms with E-state index in [-0.39, 0.29) is 17.4 Å².